The van der Waals surface area contributed by atoms with E-state index in [0.717, 1.165) is 5.82 Å². The number of aromatic nitrogens is 2. The van der Waals surface area contributed by atoms with Crippen molar-refractivity contribution in [3.8, 4) is 0 Å². The number of hydrogen-bond acceptors (Lipinski definition) is 3. The number of imidazole rings is 1. The molecule has 0 aliphatic heterocycles. The summed E-state index contributed by atoms with van der Waals surface area (Å²) in [4.78, 5) is 19.0. The number of amides is 1. The number of benzene rings is 1. The largest absolute Gasteiger partial charge is 0.385 e. The van der Waals surface area contributed by atoms with Crippen LogP contribution in [0.4, 0.5) is 10.1 Å². The molecule has 0 saturated heterocycles. The average Bonchev–Trinajstić information content (AvgIpc) is 2.91. The van der Waals surface area contributed by atoms with E-state index in [2.05, 4.69) is 20.6 Å². The Hall–Kier alpha value is -2.37. The molecule has 0 atom stereocenters. The summed E-state index contributed by atoms with van der Waals surface area (Å²) < 4.78 is 13.5. The van der Waals surface area contributed by atoms with Crippen LogP contribution in [0.2, 0.25) is 0 Å². The summed E-state index contributed by atoms with van der Waals surface area (Å²) in [7, 11) is 1.58. The van der Waals surface area contributed by atoms with Crippen molar-refractivity contribution < 1.29 is 9.18 Å². The predicted octanol–water partition coefficient (Wildman–Crippen LogP) is 1.56. The van der Waals surface area contributed by atoms with Gasteiger partial charge in [-0.2, -0.15) is 0 Å². The zero-order chi connectivity index (χ0) is 13.7. The summed E-state index contributed by atoms with van der Waals surface area (Å²) >= 11 is 0. The number of hydrogen-bond donors (Lipinski definition) is 3. The fourth-order valence-corrected chi connectivity index (χ4v) is 1.79. The molecule has 1 aromatic carbocycles. The van der Waals surface area contributed by atoms with Crippen LogP contribution in [0.15, 0.2) is 30.6 Å². The van der Waals surface area contributed by atoms with E-state index >= 15 is 0 Å². The Morgan fingerprint density at radius 2 is 2.32 bits per heavy atom. The minimum Gasteiger partial charge on any atom is -0.385 e. The minimum atomic E-state index is -0.443. The second-order valence-corrected chi connectivity index (χ2v) is 3.95. The molecule has 6 heteroatoms. The molecule has 0 aliphatic carbocycles. The highest BCUT2D eigenvalue weighted by molar-refractivity contribution is 5.99. The van der Waals surface area contributed by atoms with Gasteiger partial charge in [-0.05, 0) is 12.1 Å². The number of H-pyrrole nitrogens is 1. The van der Waals surface area contributed by atoms with Crippen LogP contribution in [0.1, 0.15) is 16.2 Å². The zero-order valence-electron chi connectivity index (χ0n) is 10.5. The molecule has 3 N–H and O–H groups in total. The van der Waals surface area contributed by atoms with E-state index < -0.39 is 5.82 Å². The molecule has 0 spiro atoms. The first-order valence-corrected chi connectivity index (χ1v) is 5.95. The summed E-state index contributed by atoms with van der Waals surface area (Å²) in [5.74, 6) is 0.0463. The molecule has 0 fully saturated rings. The van der Waals surface area contributed by atoms with Crippen LogP contribution in [0.25, 0.3) is 0 Å². The molecule has 1 amide bonds. The summed E-state index contributed by atoms with van der Waals surface area (Å²) in [6.45, 7) is 0.437. The van der Waals surface area contributed by atoms with E-state index in [1.165, 1.54) is 12.1 Å². The van der Waals surface area contributed by atoms with Crippen molar-refractivity contribution in [2.24, 2.45) is 0 Å². The van der Waals surface area contributed by atoms with Crippen molar-refractivity contribution >= 4 is 11.6 Å². The van der Waals surface area contributed by atoms with E-state index in [-0.39, 0.29) is 11.6 Å². The Bertz CT molecular complexity index is 554. The molecular formula is C13H15FN4O. The van der Waals surface area contributed by atoms with Crippen LogP contribution >= 0.6 is 0 Å². The maximum Gasteiger partial charge on any atom is 0.253 e. The number of carbonyl (C=O) groups excluding carboxylic acids is 1. The van der Waals surface area contributed by atoms with Crippen LogP contribution in [0.3, 0.4) is 0 Å². The molecule has 0 unspecified atom stereocenters. The van der Waals surface area contributed by atoms with Gasteiger partial charge in [0.05, 0.1) is 11.3 Å². The third-order valence-electron chi connectivity index (χ3n) is 2.71. The monoisotopic (exact) mass is 262 g/mol. The van der Waals surface area contributed by atoms with E-state index in [0.29, 0.717) is 18.5 Å². The normalized spacial score (nSPS) is 10.2. The number of aromatic amines is 1. The van der Waals surface area contributed by atoms with Gasteiger partial charge in [-0.15, -0.1) is 0 Å². The van der Waals surface area contributed by atoms with Gasteiger partial charge in [0.25, 0.3) is 5.91 Å². The topological polar surface area (TPSA) is 69.8 Å². The average molecular weight is 262 g/mol. The van der Waals surface area contributed by atoms with Crippen molar-refractivity contribution in [3.05, 3.63) is 47.8 Å². The molecule has 0 radical (unpaired) electrons. The quantitative estimate of drug-likeness (QED) is 0.766. The molecule has 19 heavy (non-hydrogen) atoms. The zero-order valence-corrected chi connectivity index (χ0v) is 10.5. The van der Waals surface area contributed by atoms with E-state index in [1.807, 2.05) is 0 Å². The van der Waals surface area contributed by atoms with Gasteiger partial charge in [-0.3, -0.25) is 4.79 Å². The number of nitrogens with one attached hydrogen (secondary N) is 3. The van der Waals surface area contributed by atoms with Gasteiger partial charge in [0.1, 0.15) is 11.6 Å². The van der Waals surface area contributed by atoms with Crippen molar-refractivity contribution in [2.45, 2.75) is 6.42 Å². The van der Waals surface area contributed by atoms with Crippen molar-refractivity contribution in [3.63, 3.8) is 0 Å². The fourth-order valence-electron chi connectivity index (χ4n) is 1.79. The molecular weight excluding hydrogens is 247 g/mol. The second kappa shape index (κ2) is 5.99. The molecule has 5 nitrogen and oxygen atoms in total. The highest BCUT2D eigenvalue weighted by Crippen LogP contribution is 2.18. The van der Waals surface area contributed by atoms with E-state index in [1.54, 1.807) is 25.5 Å². The fraction of sp³-hybridized carbons (Fsp3) is 0.231. The third-order valence-corrected chi connectivity index (χ3v) is 2.71. The van der Waals surface area contributed by atoms with Crippen LogP contribution < -0.4 is 10.6 Å². The molecule has 2 aromatic rings. The lowest BCUT2D eigenvalue weighted by Crippen LogP contribution is -2.26. The minimum absolute atomic E-state index is 0.206. The highest BCUT2D eigenvalue weighted by Gasteiger charge is 2.13. The third kappa shape index (κ3) is 3.09. The lowest BCUT2D eigenvalue weighted by Gasteiger charge is -2.10. The Kier molecular flexibility index (Phi) is 4.12. The van der Waals surface area contributed by atoms with Gasteiger partial charge in [-0.25, -0.2) is 9.37 Å². The number of rotatable bonds is 5. The van der Waals surface area contributed by atoms with Gasteiger partial charge in [0, 0.05) is 32.4 Å². The molecule has 0 aliphatic rings. The number of para-hydroxylation sites is 1. The van der Waals surface area contributed by atoms with Gasteiger partial charge in [0.15, 0.2) is 0 Å². The second-order valence-electron chi connectivity index (χ2n) is 3.95. The van der Waals surface area contributed by atoms with Crippen molar-refractivity contribution in [1.82, 2.24) is 15.3 Å². The smallest absolute Gasteiger partial charge is 0.253 e. The van der Waals surface area contributed by atoms with Crippen LogP contribution in [-0.2, 0) is 6.42 Å². The Morgan fingerprint density at radius 1 is 1.47 bits per heavy atom. The summed E-state index contributed by atoms with van der Waals surface area (Å²) in [5, 5.41) is 5.43. The lowest BCUT2D eigenvalue weighted by molar-refractivity contribution is 0.0954. The van der Waals surface area contributed by atoms with E-state index in [9.17, 15) is 9.18 Å². The van der Waals surface area contributed by atoms with Gasteiger partial charge >= 0.3 is 0 Å². The predicted molar refractivity (Wildman–Crippen MR) is 70.6 cm³/mol. The molecule has 1 aromatic heterocycles. The van der Waals surface area contributed by atoms with Crippen molar-refractivity contribution in [2.75, 3.05) is 18.9 Å². The number of carbonyl (C=O) groups is 1. The number of anilines is 1. The van der Waals surface area contributed by atoms with Gasteiger partial charge in [-0.1, -0.05) is 6.07 Å². The maximum atomic E-state index is 13.5. The molecule has 2 rings (SSSR count). The highest BCUT2D eigenvalue weighted by atomic mass is 19.1. The molecule has 100 valence electrons. The number of nitrogens with zero attached hydrogens (tertiary/aromatic N) is 1. The van der Waals surface area contributed by atoms with Gasteiger partial charge < -0.3 is 15.6 Å². The summed E-state index contributed by atoms with van der Waals surface area (Å²) in [6.07, 6.45) is 3.98. The number of halogens is 1. The molecule has 1 heterocycles. The standard InChI is InChI=1S/C13H15FN4O/c1-15-12-9(3-2-4-10(12)14)13(19)18-6-5-11-16-7-8-17-11/h2-4,7-8,15H,5-6H2,1H3,(H,16,17)(H,18,19). The Labute approximate surface area is 110 Å². The van der Waals surface area contributed by atoms with Crippen LogP contribution in [0, 0.1) is 5.82 Å². The van der Waals surface area contributed by atoms with E-state index in [4.69, 9.17) is 0 Å². The van der Waals surface area contributed by atoms with Gasteiger partial charge in [0.2, 0.25) is 0 Å². The summed E-state index contributed by atoms with van der Waals surface area (Å²) in [5.41, 5.74) is 0.500. The first kappa shape index (κ1) is 13.1. The maximum absolute atomic E-state index is 13.5. The lowest BCUT2D eigenvalue weighted by atomic mass is 10.1. The Balaban J connectivity index is 1.98. The Morgan fingerprint density at radius 3 is 3.00 bits per heavy atom. The molecule has 0 saturated carbocycles. The molecule has 0 bridgehead atoms. The van der Waals surface area contributed by atoms with Crippen LogP contribution in [-0.4, -0.2) is 29.5 Å². The van der Waals surface area contributed by atoms with Crippen LogP contribution in [0.5, 0.6) is 0 Å². The summed E-state index contributed by atoms with van der Waals surface area (Å²) in [6, 6.07) is 4.40. The SMILES string of the molecule is CNc1c(F)cccc1C(=O)NCCc1ncc[nH]1. The first-order chi connectivity index (χ1) is 9.22. The van der Waals surface area contributed by atoms with Crippen molar-refractivity contribution in [1.29, 1.82) is 0 Å². The first-order valence-electron chi connectivity index (χ1n) is 5.95.